The van der Waals surface area contributed by atoms with Crippen LogP contribution in [0.1, 0.15) is 48.0 Å². The lowest BCUT2D eigenvalue weighted by molar-refractivity contribution is -0.149. The summed E-state index contributed by atoms with van der Waals surface area (Å²) in [7, 11) is 0. The van der Waals surface area contributed by atoms with Gasteiger partial charge in [-0.2, -0.15) is 0 Å². The van der Waals surface area contributed by atoms with E-state index in [9.17, 15) is 19.2 Å². The van der Waals surface area contributed by atoms with Gasteiger partial charge in [-0.3, -0.25) is 24.1 Å². The lowest BCUT2D eigenvalue weighted by atomic mass is 9.63. The maximum absolute atomic E-state index is 13.3. The molecule has 33 heavy (non-hydrogen) atoms. The third-order valence-corrected chi connectivity index (χ3v) is 8.81. The predicted molar refractivity (Wildman–Crippen MR) is 119 cm³/mol. The highest BCUT2D eigenvalue weighted by Crippen LogP contribution is 2.65. The first-order valence-corrected chi connectivity index (χ1v) is 12.3. The molecule has 172 valence electrons. The zero-order chi connectivity index (χ0) is 22.9. The predicted octanol–water partition coefficient (Wildman–Crippen LogP) is 3.33. The zero-order valence-electron chi connectivity index (χ0n) is 18.8. The van der Waals surface area contributed by atoms with E-state index in [1.165, 1.54) is 0 Å². The smallest absolute Gasteiger partial charge is 0.309 e. The Kier molecular flexibility index (Phi) is 4.82. The molecule has 0 N–H and O–H groups in total. The van der Waals surface area contributed by atoms with Crippen molar-refractivity contribution in [2.75, 3.05) is 6.61 Å². The fraction of sp³-hybridized carbons (Fsp3) is 0.556. The Morgan fingerprint density at radius 2 is 1.48 bits per heavy atom. The Morgan fingerprint density at radius 1 is 0.909 bits per heavy atom. The largest absolute Gasteiger partial charge is 0.457 e. The van der Waals surface area contributed by atoms with Gasteiger partial charge in [0.2, 0.25) is 11.8 Å². The highest BCUT2D eigenvalue weighted by Gasteiger charge is 2.67. The lowest BCUT2D eigenvalue weighted by Crippen LogP contribution is -2.44. The van der Waals surface area contributed by atoms with E-state index < -0.39 is 0 Å². The minimum atomic E-state index is -0.357. The van der Waals surface area contributed by atoms with Gasteiger partial charge in [-0.05, 0) is 62.7 Å². The minimum absolute atomic E-state index is 0.0180. The van der Waals surface area contributed by atoms with Gasteiger partial charge in [-0.25, -0.2) is 0 Å². The van der Waals surface area contributed by atoms with E-state index in [1.54, 1.807) is 17.0 Å². The molecule has 2 bridgehead atoms. The van der Waals surface area contributed by atoms with Crippen molar-refractivity contribution < 1.29 is 23.9 Å². The van der Waals surface area contributed by atoms with Crippen molar-refractivity contribution in [2.45, 2.75) is 45.1 Å². The molecule has 1 aromatic carbocycles. The molecule has 6 nitrogen and oxygen atoms in total. The molecule has 0 aromatic heterocycles. The fourth-order valence-electron chi connectivity index (χ4n) is 6.99. The highest BCUT2D eigenvalue weighted by atomic mass is 16.5. The normalized spacial score (nSPS) is 38.2. The van der Waals surface area contributed by atoms with Crippen molar-refractivity contribution in [1.29, 1.82) is 0 Å². The van der Waals surface area contributed by atoms with Gasteiger partial charge in [0.25, 0.3) is 0 Å². The summed E-state index contributed by atoms with van der Waals surface area (Å²) in [5, 5.41) is 0. The van der Waals surface area contributed by atoms with Crippen LogP contribution >= 0.6 is 0 Å². The van der Waals surface area contributed by atoms with E-state index in [2.05, 4.69) is 12.2 Å². The summed E-state index contributed by atoms with van der Waals surface area (Å²) >= 11 is 0. The van der Waals surface area contributed by atoms with Crippen molar-refractivity contribution >= 4 is 23.6 Å². The number of carbonyl (C=O) groups excluding carboxylic acids is 4. The second-order valence-corrected chi connectivity index (χ2v) is 10.6. The zero-order valence-corrected chi connectivity index (χ0v) is 18.8. The van der Waals surface area contributed by atoms with Gasteiger partial charge in [-0.15, -0.1) is 0 Å². The molecule has 0 unspecified atom stereocenters. The number of aryl methyl sites for hydroxylation is 1. The van der Waals surface area contributed by atoms with Crippen LogP contribution in [0.25, 0.3) is 0 Å². The van der Waals surface area contributed by atoms with Crippen LogP contribution < -0.4 is 0 Å². The quantitative estimate of drug-likeness (QED) is 0.299. The summed E-state index contributed by atoms with van der Waals surface area (Å²) in [6.07, 6.45) is 7.95. The Balaban J connectivity index is 1.04. The van der Waals surface area contributed by atoms with E-state index in [0.29, 0.717) is 43.1 Å². The monoisotopic (exact) mass is 447 g/mol. The molecule has 6 atom stereocenters. The fourth-order valence-corrected chi connectivity index (χ4v) is 6.99. The Morgan fingerprint density at radius 3 is 2.06 bits per heavy atom. The molecular formula is C27H29NO5. The highest BCUT2D eigenvalue weighted by molar-refractivity contribution is 6.06. The molecule has 0 radical (unpaired) electrons. The summed E-state index contributed by atoms with van der Waals surface area (Å²) in [6.45, 7) is 1.69. The SMILES string of the molecule is Cc1ccc(C(=O)COC(=O)C2CCC(N3C(=O)[C@@H]4[C@H]5C=C[C@@H]([C@@H]6C[C@@H]56)[C@H]4C3=O)CC2)cc1. The molecule has 2 amide bonds. The molecular weight excluding hydrogens is 418 g/mol. The first kappa shape index (κ1) is 20.8. The van der Waals surface area contributed by atoms with E-state index in [-0.39, 0.29) is 65.8 Å². The summed E-state index contributed by atoms with van der Waals surface area (Å²) in [4.78, 5) is 53.0. The van der Waals surface area contributed by atoms with Crippen LogP contribution in [0.15, 0.2) is 36.4 Å². The van der Waals surface area contributed by atoms with Gasteiger partial charge in [-0.1, -0.05) is 42.0 Å². The van der Waals surface area contributed by atoms with Crippen molar-refractivity contribution in [3.05, 3.63) is 47.5 Å². The van der Waals surface area contributed by atoms with Gasteiger partial charge < -0.3 is 4.74 Å². The van der Waals surface area contributed by atoms with Crippen LogP contribution in [-0.4, -0.2) is 41.1 Å². The van der Waals surface area contributed by atoms with Gasteiger partial charge in [0, 0.05) is 11.6 Å². The number of rotatable bonds is 5. The van der Waals surface area contributed by atoms with E-state index >= 15 is 0 Å². The third-order valence-electron chi connectivity index (χ3n) is 8.81. The van der Waals surface area contributed by atoms with Crippen LogP contribution in [0.3, 0.4) is 0 Å². The second-order valence-electron chi connectivity index (χ2n) is 10.6. The second kappa shape index (κ2) is 7.64. The molecule has 5 aliphatic carbocycles. The first-order valence-electron chi connectivity index (χ1n) is 12.3. The van der Waals surface area contributed by atoms with Crippen LogP contribution in [0.5, 0.6) is 0 Å². The number of ketones is 1. The molecule has 1 aliphatic heterocycles. The number of Topliss-reactive ketones (excluding diaryl/α,β-unsaturated/α-hetero) is 1. The minimum Gasteiger partial charge on any atom is -0.457 e. The van der Waals surface area contributed by atoms with Crippen molar-refractivity contribution in [2.24, 2.45) is 41.4 Å². The van der Waals surface area contributed by atoms with Crippen LogP contribution in [0.4, 0.5) is 0 Å². The summed E-state index contributed by atoms with van der Waals surface area (Å²) < 4.78 is 5.32. The van der Waals surface area contributed by atoms with Gasteiger partial charge in [0.1, 0.15) is 0 Å². The Hall–Kier alpha value is -2.76. The maximum atomic E-state index is 13.3. The Labute approximate surface area is 193 Å². The van der Waals surface area contributed by atoms with Crippen LogP contribution in [0, 0.1) is 48.3 Å². The average molecular weight is 448 g/mol. The number of likely N-dealkylation sites (tertiary alicyclic amines) is 1. The lowest BCUT2D eigenvalue weighted by Gasteiger charge is -2.37. The number of esters is 1. The molecule has 0 spiro atoms. The molecule has 3 saturated carbocycles. The molecule has 1 saturated heterocycles. The standard InChI is InChI=1S/C27H29NO5/c1-14-2-4-15(5-3-14)22(29)13-33-27(32)16-6-8-17(9-7-16)28-25(30)23-18-10-11-19(21-12-20(18)21)24(23)26(28)31/h2-5,10-11,16-21,23-24H,6-9,12-13H2,1H3/t16?,17?,18-,19-,20-,21-,23+,24+/m0/s1. The maximum Gasteiger partial charge on any atom is 0.309 e. The first-order chi connectivity index (χ1) is 15.9. The summed E-state index contributed by atoms with van der Waals surface area (Å²) in [5.41, 5.74) is 1.60. The number of nitrogens with zero attached hydrogens (tertiary/aromatic N) is 1. The van der Waals surface area contributed by atoms with Crippen molar-refractivity contribution in [3.63, 3.8) is 0 Å². The number of ether oxygens (including phenoxy) is 1. The van der Waals surface area contributed by atoms with Crippen LogP contribution in [-0.2, 0) is 19.1 Å². The van der Waals surface area contributed by atoms with Gasteiger partial charge in [0.05, 0.1) is 17.8 Å². The average Bonchev–Trinajstić information content (AvgIpc) is 3.61. The molecule has 6 aliphatic rings. The van der Waals surface area contributed by atoms with Crippen molar-refractivity contribution in [1.82, 2.24) is 4.90 Å². The number of carbonyl (C=O) groups is 4. The molecule has 1 aromatic rings. The van der Waals surface area contributed by atoms with Crippen LogP contribution in [0.2, 0.25) is 0 Å². The number of benzene rings is 1. The summed E-state index contributed by atoms with van der Waals surface area (Å²) in [6, 6.07) is 7.08. The number of imide groups is 1. The van der Waals surface area contributed by atoms with Gasteiger partial charge in [0.15, 0.2) is 12.4 Å². The number of hydrogen-bond acceptors (Lipinski definition) is 5. The number of hydrogen-bond donors (Lipinski definition) is 0. The van der Waals surface area contributed by atoms with Gasteiger partial charge >= 0.3 is 5.97 Å². The summed E-state index contributed by atoms with van der Waals surface area (Å²) in [5.74, 6) is 0.544. The number of amides is 2. The molecule has 6 heteroatoms. The van der Waals surface area contributed by atoms with E-state index in [0.717, 1.165) is 12.0 Å². The van der Waals surface area contributed by atoms with E-state index in [4.69, 9.17) is 4.74 Å². The Bertz CT molecular complexity index is 1010. The van der Waals surface area contributed by atoms with E-state index in [1.807, 2.05) is 19.1 Å². The van der Waals surface area contributed by atoms with Crippen molar-refractivity contribution in [3.8, 4) is 0 Å². The molecule has 4 fully saturated rings. The third kappa shape index (κ3) is 3.29. The topological polar surface area (TPSA) is 80.8 Å². The number of allylic oxidation sites excluding steroid dienone is 2. The molecule has 1 heterocycles. The molecule has 7 rings (SSSR count).